The summed E-state index contributed by atoms with van der Waals surface area (Å²) in [4.78, 5) is 16.4. The van der Waals surface area contributed by atoms with Crippen molar-refractivity contribution in [1.82, 2.24) is 9.80 Å². The van der Waals surface area contributed by atoms with Gasteiger partial charge in [-0.15, -0.1) is 0 Å². The average molecular weight is 275 g/mol. The van der Waals surface area contributed by atoms with E-state index < -0.39 is 0 Å². The molecule has 4 nitrogen and oxygen atoms in total. The molecule has 0 spiro atoms. The standard InChI is InChI=1S/C16H25N3O/c1-4-14-7-5-6-13(2)16(14)17-12-15(20)19-10-8-18(3)9-11-19/h5-7,17H,4,8-12H2,1-3H3. The van der Waals surface area contributed by atoms with Gasteiger partial charge in [-0.3, -0.25) is 4.79 Å². The molecule has 20 heavy (non-hydrogen) atoms. The minimum atomic E-state index is 0.198. The van der Waals surface area contributed by atoms with Crippen molar-refractivity contribution in [3.63, 3.8) is 0 Å². The first-order valence-corrected chi connectivity index (χ1v) is 7.40. The fraction of sp³-hybridized carbons (Fsp3) is 0.562. The van der Waals surface area contributed by atoms with Crippen molar-refractivity contribution < 1.29 is 4.79 Å². The number of hydrogen-bond donors (Lipinski definition) is 1. The van der Waals surface area contributed by atoms with E-state index in [2.05, 4.69) is 49.3 Å². The van der Waals surface area contributed by atoms with Gasteiger partial charge < -0.3 is 15.1 Å². The second-order valence-electron chi connectivity index (χ2n) is 5.50. The number of aryl methyl sites for hydroxylation is 2. The van der Waals surface area contributed by atoms with E-state index in [0.29, 0.717) is 6.54 Å². The Labute approximate surface area is 121 Å². The fourth-order valence-corrected chi connectivity index (χ4v) is 2.61. The highest BCUT2D eigenvalue weighted by molar-refractivity contribution is 5.81. The average Bonchev–Trinajstić information content (AvgIpc) is 2.46. The number of hydrogen-bond acceptors (Lipinski definition) is 3. The van der Waals surface area contributed by atoms with Gasteiger partial charge in [0, 0.05) is 31.9 Å². The van der Waals surface area contributed by atoms with Crippen molar-refractivity contribution in [2.24, 2.45) is 0 Å². The summed E-state index contributed by atoms with van der Waals surface area (Å²) in [7, 11) is 2.10. The number of para-hydroxylation sites is 1. The lowest BCUT2D eigenvalue weighted by atomic mass is 10.1. The van der Waals surface area contributed by atoms with Crippen LogP contribution in [0.4, 0.5) is 5.69 Å². The Morgan fingerprint density at radius 1 is 1.25 bits per heavy atom. The molecule has 1 saturated heterocycles. The van der Waals surface area contributed by atoms with Crippen molar-refractivity contribution in [1.29, 1.82) is 0 Å². The quantitative estimate of drug-likeness (QED) is 0.909. The highest BCUT2D eigenvalue weighted by atomic mass is 16.2. The largest absolute Gasteiger partial charge is 0.376 e. The topological polar surface area (TPSA) is 35.6 Å². The minimum Gasteiger partial charge on any atom is -0.376 e. The zero-order valence-electron chi connectivity index (χ0n) is 12.8. The molecule has 2 rings (SSSR count). The number of amides is 1. The third-order valence-electron chi connectivity index (χ3n) is 4.01. The molecular formula is C16H25N3O. The van der Waals surface area contributed by atoms with Crippen molar-refractivity contribution >= 4 is 11.6 Å². The zero-order valence-corrected chi connectivity index (χ0v) is 12.8. The van der Waals surface area contributed by atoms with Gasteiger partial charge in [0.2, 0.25) is 5.91 Å². The molecule has 1 fully saturated rings. The van der Waals surface area contributed by atoms with Gasteiger partial charge in [-0.2, -0.15) is 0 Å². The number of nitrogens with zero attached hydrogens (tertiary/aromatic N) is 2. The molecule has 1 aliphatic heterocycles. The number of carbonyl (C=O) groups excluding carboxylic acids is 1. The van der Waals surface area contributed by atoms with Crippen LogP contribution in [0.5, 0.6) is 0 Å². The molecule has 4 heteroatoms. The van der Waals surface area contributed by atoms with Crippen molar-refractivity contribution in [3.05, 3.63) is 29.3 Å². The number of anilines is 1. The van der Waals surface area contributed by atoms with E-state index in [1.165, 1.54) is 11.1 Å². The van der Waals surface area contributed by atoms with Gasteiger partial charge in [0.15, 0.2) is 0 Å². The zero-order chi connectivity index (χ0) is 14.5. The van der Waals surface area contributed by atoms with Gasteiger partial charge >= 0.3 is 0 Å². The van der Waals surface area contributed by atoms with E-state index in [1.54, 1.807) is 0 Å². The first kappa shape index (κ1) is 14.9. The van der Waals surface area contributed by atoms with Crippen molar-refractivity contribution in [2.45, 2.75) is 20.3 Å². The predicted octanol–water partition coefficient (Wildman–Crippen LogP) is 1.74. The maximum atomic E-state index is 12.2. The molecule has 0 radical (unpaired) electrons. The molecule has 1 aromatic rings. The number of likely N-dealkylation sites (N-methyl/N-ethyl adjacent to an activating group) is 1. The van der Waals surface area contributed by atoms with Crippen LogP contribution >= 0.6 is 0 Å². The molecule has 0 unspecified atom stereocenters. The molecule has 0 aromatic heterocycles. The van der Waals surface area contributed by atoms with Crippen LogP contribution in [-0.4, -0.2) is 55.5 Å². The molecule has 110 valence electrons. The Bertz CT molecular complexity index is 465. The number of nitrogens with one attached hydrogen (secondary N) is 1. The second-order valence-corrected chi connectivity index (χ2v) is 5.50. The Kier molecular flexibility index (Phi) is 5.01. The van der Waals surface area contributed by atoms with Crippen LogP contribution in [0.1, 0.15) is 18.1 Å². The maximum absolute atomic E-state index is 12.2. The molecule has 1 heterocycles. The van der Waals surface area contributed by atoms with Gasteiger partial charge in [-0.1, -0.05) is 25.1 Å². The highest BCUT2D eigenvalue weighted by Gasteiger charge is 2.18. The van der Waals surface area contributed by atoms with Gasteiger partial charge in [0.25, 0.3) is 0 Å². The van der Waals surface area contributed by atoms with Gasteiger partial charge in [0.05, 0.1) is 6.54 Å². The molecule has 1 aliphatic rings. The lowest BCUT2D eigenvalue weighted by molar-refractivity contribution is -0.130. The summed E-state index contributed by atoms with van der Waals surface area (Å²) in [6, 6.07) is 6.28. The van der Waals surface area contributed by atoms with E-state index in [1.807, 2.05) is 4.90 Å². The molecule has 0 atom stereocenters. The fourth-order valence-electron chi connectivity index (χ4n) is 2.61. The number of piperazine rings is 1. The van der Waals surface area contributed by atoms with E-state index in [-0.39, 0.29) is 5.91 Å². The Hall–Kier alpha value is -1.55. The van der Waals surface area contributed by atoms with Gasteiger partial charge in [-0.05, 0) is 31.5 Å². The Balaban J connectivity index is 1.93. The van der Waals surface area contributed by atoms with Crippen LogP contribution in [0.25, 0.3) is 0 Å². The summed E-state index contributed by atoms with van der Waals surface area (Å²) < 4.78 is 0. The van der Waals surface area contributed by atoms with Crippen molar-refractivity contribution in [3.8, 4) is 0 Å². The van der Waals surface area contributed by atoms with E-state index in [9.17, 15) is 4.79 Å². The molecule has 1 aromatic carbocycles. The predicted molar refractivity (Wildman–Crippen MR) is 83.1 cm³/mol. The lowest BCUT2D eigenvalue weighted by Gasteiger charge is -2.32. The SMILES string of the molecule is CCc1cccc(C)c1NCC(=O)N1CCN(C)CC1. The Morgan fingerprint density at radius 3 is 2.60 bits per heavy atom. The molecular weight excluding hydrogens is 250 g/mol. The smallest absolute Gasteiger partial charge is 0.241 e. The van der Waals surface area contributed by atoms with Crippen LogP contribution in [0, 0.1) is 6.92 Å². The normalized spacial score (nSPS) is 16.2. The van der Waals surface area contributed by atoms with E-state index >= 15 is 0 Å². The Morgan fingerprint density at radius 2 is 1.95 bits per heavy atom. The molecule has 0 bridgehead atoms. The summed E-state index contributed by atoms with van der Waals surface area (Å²) in [5.74, 6) is 0.198. The third-order valence-corrected chi connectivity index (χ3v) is 4.01. The van der Waals surface area contributed by atoms with Crippen LogP contribution in [0.2, 0.25) is 0 Å². The number of carbonyl (C=O) groups is 1. The van der Waals surface area contributed by atoms with Crippen LogP contribution in [0.3, 0.4) is 0 Å². The molecule has 0 aliphatic carbocycles. The number of rotatable bonds is 4. The van der Waals surface area contributed by atoms with Crippen LogP contribution < -0.4 is 5.32 Å². The molecule has 1 amide bonds. The van der Waals surface area contributed by atoms with Crippen LogP contribution in [0.15, 0.2) is 18.2 Å². The van der Waals surface area contributed by atoms with Gasteiger partial charge in [0.1, 0.15) is 0 Å². The summed E-state index contributed by atoms with van der Waals surface area (Å²) in [5, 5.41) is 3.34. The monoisotopic (exact) mass is 275 g/mol. The summed E-state index contributed by atoms with van der Waals surface area (Å²) >= 11 is 0. The van der Waals surface area contributed by atoms with E-state index in [4.69, 9.17) is 0 Å². The maximum Gasteiger partial charge on any atom is 0.241 e. The molecule has 1 N–H and O–H groups in total. The van der Waals surface area contributed by atoms with Crippen LogP contribution in [-0.2, 0) is 11.2 Å². The third kappa shape index (κ3) is 3.51. The first-order chi connectivity index (χ1) is 9.61. The van der Waals surface area contributed by atoms with Gasteiger partial charge in [-0.25, -0.2) is 0 Å². The minimum absolute atomic E-state index is 0.198. The first-order valence-electron chi connectivity index (χ1n) is 7.40. The molecule has 0 saturated carbocycles. The summed E-state index contributed by atoms with van der Waals surface area (Å²) in [6.07, 6.45) is 0.979. The summed E-state index contributed by atoms with van der Waals surface area (Å²) in [6.45, 7) is 8.23. The lowest BCUT2D eigenvalue weighted by Crippen LogP contribution is -2.48. The summed E-state index contributed by atoms with van der Waals surface area (Å²) in [5.41, 5.74) is 3.60. The second kappa shape index (κ2) is 6.75. The highest BCUT2D eigenvalue weighted by Crippen LogP contribution is 2.20. The number of benzene rings is 1. The van der Waals surface area contributed by atoms with Crippen molar-refractivity contribution in [2.75, 3.05) is 45.1 Å². The van der Waals surface area contributed by atoms with E-state index in [0.717, 1.165) is 38.3 Å².